The molecule has 0 spiro atoms. The molecule has 23 heavy (non-hydrogen) atoms. The molecule has 0 amide bonds. The van der Waals surface area contributed by atoms with Crippen molar-refractivity contribution in [3.8, 4) is 11.1 Å². The molecule has 0 heterocycles. The average molecular weight is 310 g/mol. The third kappa shape index (κ3) is 5.06. The molecule has 0 bridgehead atoms. The number of esters is 1. The highest BCUT2D eigenvalue weighted by Crippen LogP contribution is 2.20. The molecule has 2 aromatic rings. The highest BCUT2D eigenvalue weighted by atomic mass is 16.5. The summed E-state index contributed by atoms with van der Waals surface area (Å²) < 4.78 is 4.93. The van der Waals surface area contributed by atoms with E-state index < -0.39 is 0 Å². The first-order chi connectivity index (χ1) is 11.1. The Hall–Kier alpha value is -2.42. The monoisotopic (exact) mass is 310 g/mol. The summed E-state index contributed by atoms with van der Waals surface area (Å²) in [6, 6.07) is 18.1. The fraction of sp³-hybridized carbons (Fsp3) is 0.300. The highest BCUT2D eigenvalue weighted by molar-refractivity contribution is 5.85. The molecule has 3 nitrogen and oxygen atoms in total. The number of rotatable bonds is 7. The van der Waals surface area contributed by atoms with Crippen LogP contribution >= 0.6 is 0 Å². The molecule has 1 atom stereocenters. The molecule has 0 aliphatic carbocycles. The zero-order valence-electron chi connectivity index (χ0n) is 13.6. The number of carbonyl (C=O) groups excluding carboxylic acids is 2. The second-order valence-corrected chi connectivity index (χ2v) is 5.64. The molecule has 0 radical (unpaired) electrons. The molecular weight excluding hydrogens is 288 g/mol. The van der Waals surface area contributed by atoms with E-state index in [1.165, 1.54) is 0 Å². The number of benzene rings is 2. The molecule has 0 unspecified atom stereocenters. The Balaban J connectivity index is 1.93. The maximum atomic E-state index is 12.1. The number of ketones is 1. The van der Waals surface area contributed by atoms with Gasteiger partial charge in [-0.2, -0.15) is 0 Å². The fourth-order valence-corrected chi connectivity index (χ4v) is 2.45. The summed E-state index contributed by atoms with van der Waals surface area (Å²) in [7, 11) is 0. The highest BCUT2D eigenvalue weighted by Gasteiger charge is 2.18. The summed E-state index contributed by atoms with van der Waals surface area (Å²) >= 11 is 0. The van der Waals surface area contributed by atoms with Gasteiger partial charge >= 0.3 is 5.97 Å². The molecule has 0 fully saturated rings. The maximum Gasteiger partial charge on any atom is 0.309 e. The number of hydrogen-bond donors (Lipinski definition) is 0. The van der Waals surface area contributed by atoms with Crippen LogP contribution in [0.2, 0.25) is 0 Å². The third-order valence-corrected chi connectivity index (χ3v) is 3.69. The van der Waals surface area contributed by atoms with Crippen molar-refractivity contribution in [2.75, 3.05) is 6.61 Å². The Labute approximate surface area is 137 Å². The van der Waals surface area contributed by atoms with Crippen LogP contribution in [0.3, 0.4) is 0 Å². The summed E-state index contributed by atoms with van der Waals surface area (Å²) in [5.41, 5.74) is 3.24. The fourth-order valence-electron chi connectivity index (χ4n) is 2.45. The maximum absolute atomic E-state index is 12.1. The first kappa shape index (κ1) is 16.9. The van der Waals surface area contributed by atoms with E-state index in [4.69, 9.17) is 4.74 Å². The van der Waals surface area contributed by atoms with E-state index in [0.29, 0.717) is 13.0 Å². The minimum Gasteiger partial charge on any atom is -0.466 e. The topological polar surface area (TPSA) is 43.4 Å². The van der Waals surface area contributed by atoms with Crippen LogP contribution in [0.4, 0.5) is 0 Å². The lowest BCUT2D eigenvalue weighted by Gasteiger charge is -2.10. The van der Waals surface area contributed by atoms with Gasteiger partial charge in [0.2, 0.25) is 0 Å². The minimum absolute atomic E-state index is 0.0537. The predicted octanol–water partition coefficient (Wildman–Crippen LogP) is 4.05. The number of ether oxygens (including phenoxy) is 1. The summed E-state index contributed by atoms with van der Waals surface area (Å²) in [6.45, 7) is 3.84. The van der Waals surface area contributed by atoms with Crippen molar-refractivity contribution in [3.63, 3.8) is 0 Å². The Morgan fingerprint density at radius 3 is 2.17 bits per heavy atom. The standard InChI is InChI=1S/C20H22O3/c1-3-23-20(22)15(2)13-19(21)14-16-9-11-18(12-10-16)17-7-5-4-6-8-17/h4-12,15H,3,13-14H2,1-2H3/t15-/m1/s1. The van der Waals surface area contributed by atoms with Crippen LogP contribution in [0, 0.1) is 5.92 Å². The lowest BCUT2D eigenvalue weighted by Crippen LogP contribution is -2.19. The van der Waals surface area contributed by atoms with Crippen LogP contribution in [-0.4, -0.2) is 18.4 Å². The molecule has 2 aromatic carbocycles. The van der Waals surface area contributed by atoms with Gasteiger partial charge < -0.3 is 4.74 Å². The zero-order valence-corrected chi connectivity index (χ0v) is 13.6. The van der Waals surface area contributed by atoms with Gasteiger partial charge in [-0.3, -0.25) is 9.59 Å². The van der Waals surface area contributed by atoms with E-state index in [0.717, 1.165) is 16.7 Å². The molecule has 120 valence electrons. The van der Waals surface area contributed by atoms with E-state index >= 15 is 0 Å². The van der Waals surface area contributed by atoms with Gasteiger partial charge in [-0.15, -0.1) is 0 Å². The van der Waals surface area contributed by atoms with Gasteiger partial charge in [-0.05, 0) is 23.6 Å². The van der Waals surface area contributed by atoms with Gasteiger partial charge in [0.15, 0.2) is 0 Å². The summed E-state index contributed by atoms with van der Waals surface area (Å²) in [6.07, 6.45) is 0.568. The Morgan fingerprint density at radius 2 is 1.57 bits per heavy atom. The molecule has 0 aliphatic heterocycles. The summed E-state index contributed by atoms with van der Waals surface area (Å²) in [4.78, 5) is 23.6. The summed E-state index contributed by atoms with van der Waals surface area (Å²) in [5, 5.41) is 0. The lowest BCUT2D eigenvalue weighted by molar-refractivity contribution is -0.148. The van der Waals surface area contributed by atoms with Crippen molar-refractivity contribution in [2.45, 2.75) is 26.7 Å². The van der Waals surface area contributed by atoms with Crippen molar-refractivity contribution in [1.29, 1.82) is 0 Å². The molecule has 0 aromatic heterocycles. The van der Waals surface area contributed by atoms with Crippen molar-refractivity contribution in [2.24, 2.45) is 5.92 Å². The quantitative estimate of drug-likeness (QED) is 0.724. The van der Waals surface area contributed by atoms with E-state index in [1.807, 2.05) is 42.5 Å². The second-order valence-electron chi connectivity index (χ2n) is 5.64. The average Bonchev–Trinajstić information content (AvgIpc) is 2.56. The van der Waals surface area contributed by atoms with E-state index in [9.17, 15) is 9.59 Å². The Morgan fingerprint density at radius 1 is 0.957 bits per heavy atom. The van der Waals surface area contributed by atoms with Crippen LogP contribution in [0.1, 0.15) is 25.8 Å². The smallest absolute Gasteiger partial charge is 0.309 e. The molecular formula is C20H22O3. The van der Waals surface area contributed by atoms with Gasteiger partial charge in [0, 0.05) is 12.8 Å². The van der Waals surface area contributed by atoms with Crippen molar-refractivity contribution in [3.05, 3.63) is 60.2 Å². The molecule has 3 heteroatoms. The van der Waals surface area contributed by atoms with Crippen molar-refractivity contribution < 1.29 is 14.3 Å². The van der Waals surface area contributed by atoms with Gasteiger partial charge in [0.05, 0.1) is 12.5 Å². The van der Waals surface area contributed by atoms with Crippen molar-refractivity contribution in [1.82, 2.24) is 0 Å². The van der Waals surface area contributed by atoms with Gasteiger partial charge in [-0.1, -0.05) is 61.5 Å². The molecule has 0 N–H and O–H groups in total. The first-order valence-electron chi connectivity index (χ1n) is 7.93. The lowest BCUT2D eigenvalue weighted by atomic mass is 9.98. The Bertz CT molecular complexity index is 644. The van der Waals surface area contributed by atoms with Crippen LogP contribution < -0.4 is 0 Å². The number of Topliss-reactive ketones (excluding diaryl/α,β-unsaturated/α-hetero) is 1. The number of carbonyl (C=O) groups is 2. The SMILES string of the molecule is CCOC(=O)[C@H](C)CC(=O)Cc1ccc(-c2ccccc2)cc1. The molecule has 0 aliphatic rings. The van der Waals surface area contributed by atoms with Crippen LogP contribution in [-0.2, 0) is 20.7 Å². The second kappa shape index (κ2) is 8.28. The largest absolute Gasteiger partial charge is 0.466 e. The van der Waals surface area contributed by atoms with Crippen molar-refractivity contribution >= 4 is 11.8 Å². The molecule has 2 rings (SSSR count). The minimum atomic E-state index is -0.383. The molecule has 0 saturated heterocycles. The van der Waals surface area contributed by atoms with Gasteiger partial charge in [0.1, 0.15) is 5.78 Å². The van der Waals surface area contributed by atoms with E-state index in [2.05, 4.69) is 12.1 Å². The van der Waals surface area contributed by atoms with Crippen LogP contribution in [0.25, 0.3) is 11.1 Å². The van der Waals surface area contributed by atoms with Gasteiger partial charge in [0.25, 0.3) is 0 Å². The van der Waals surface area contributed by atoms with Gasteiger partial charge in [-0.25, -0.2) is 0 Å². The first-order valence-corrected chi connectivity index (χ1v) is 7.93. The van der Waals surface area contributed by atoms with E-state index in [1.54, 1.807) is 13.8 Å². The van der Waals surface area contributed by atoms with Crippen LogP contribution in [0.15, 0.2) is 54.6 Å². The Kier molecular flexibility index (Phi) is 6.10. The zero-order chi connectivity index (χ0) is 16.7. The normalized spacial score (nSPS) is 11.7. The molecule has 0 saturated carbocycles. The summed E-state index contributed by atoms with van der Waals surface area (Å²) in [5.74, 6) is -0.635. The van der Waals surface area contributed by atoms with E-state index in [-0.39, 0.29) is 24.1 Å². The van der Waals surface area contributed by atoms with Crippen LogP contribution in [0.5, 0.6) is 0 Å². The third-order valence-electron chi connectivity index (χ3n) is 3.69. The predicted molar refractivity (Wildman–Crippen MR) is 91.0 cm³/mol. The number of hydrogen-bond acceptors (Lipinski definition) is 3.